The van der Waals surface area contributed by atoms with Gasteiger partial charge in [0.25, 0.3) is 5.91 Å². The standard InChI is InChI=1S/C16H17N3O2/c20-16(14-8-13(18-19-14)10-5-6-10)17-12-7-11-3-1-2-4-15(11)21-9-12/h1-4,8,10,12H,5-7,9H2,(H,17,20)(H,18,19)/t12-/m0/s1. The first-order valence-electron chi connectivity index (χ1n) is 7.36. The number of carbonyl (C=O) groups excluding carboxylic acids is 1. The van der Waals surface area contributed by atoms with E-state index in [2.05, 4.69) is 15.5 Å². The molecule has 5 heteroatoms. The normalized spacial score (nSPS) is 20.5. The largest absolute Gasteiger partial charge is 0.491 e. The first-order chi connectivity index (χ1) is 10.3. The molecule has 4 rings (SSSR count). The van der Waals surface area contributed by atoms with Crippen LogP contribution in [0.15, 0.2) is 30.3 Å². The van der Waals surface area contributed by atoms with E-state index in [4.69, 9.17) is 4.74 Å². The molecule has 1 aliphatic heterocycles. The Balaban J connectivity index is 1.42. The number of amides is 1. The lowest BCUT2D eigenvalue weighted by atomic mass is 10.0. The summed E-state index contributed by atoms with van der Waals surface area (Å²) in [4.78, 5) is 12.2. The van der Waals surface area contributed by atoms with E-state index < -0.39 is 0 Å². The fourth-order valence-electron chi connectivity index (χ4n) is 2.74. The van der Waals surface area contributed by atoms with Gasteiger partial charge in [0.1, 0.15) is 18.1 Å². The summed E-state index contributed by atoms with van der Waals surface area (Å²) < 4.78 is 5.68. The molecule has 108 valence electrons. The topological polar surface area (TPSA) is 67.0 Å². The molecule has 2 aliphatic rings. The van der Waals surface area contributed by atoms with Gasteiger partial charge in [0, 0.05) is 11.6 Å². The van der Waals surface area contributed by atoms with Gasteiger partial charge in [-0.2, -0.15) is 5.10 Å². The van der Waals surface area contributed by atoms with E-state index in [0.29, 0.717) is 18.2 Å². The van der Waals surface area contributed by atoms with Gasteiger partial charge in [0.05, 0.1) is 6.04 Å². The SMILES string of the molecule is O=C(N[C@@H]1COc2ccccc2C1)c1cc(C2CC2)[nH]n1. The van der Waals surface area contributed by atoms with Crippen LogP contribution in [0.3, 0.4) is 0 Å². The molecule has 1 aromatic heterocycles. The lowest BCUT2D eigenvalue weighted by Gasteiger charge is -2.25. The smallest absolute Gasteiger partial charge is 0.272 e. The zero-order chi connectivity index (χ0) is 14.2. The van der Waals surface area contributed by atoms with Gasteiger partial charge in [-0.05, 0) is 37.0 Å². The summed E-state index contributed by atoms with van der Waals surface area (Å²) in [5.74, 6) is 1.36. The quantitative estimate of drug-likeness (QED) is 0.905. The molecule has 0 spiro atoms. The third-order valence-corrected chi connectivity index (χ3v) is 4.06. The van der Waals surface area contributed by atoms with Gasteiger partial charge in [-0.3, -0.25) is 9.89 Å². The highest BCUT2D eigenvalue weighted by Gasteiger charge is 2.27. The van der Waals surface area contributed by atoms with E-state index in [0.717, 1.165) is 23.4 Å². The van der Waals surface area contributed by atoms with E-state index in [1.807, 2.05) is 30.3 Å². The van der Waals surface area contributed by atoms with Crippen molar-refractivity contribution < 1.29 is 9.53 Å². The van der Waals surface area contributed by atoms with E-state index >= 15 is 0 Å². The van der Waals surface area contributed by atoms with Gasteiger partial charge in [-0.25, -0.2) is 0 Å². The van der Waals surface area contributed by atoms with Crippen LogP contribution in [0.1, 0.15) is 40.5 Å². The molecule has 5 nitrogen and oxygen atoms in total. The van der Waals surface area contributed by atoms with Gasteiger partial charge in [0.15, 0.2) is 0 Å². The second-order valence-electron chi connectivity index (χ2n) is 5.78. The fourth-order valence-corrected chi connectivity index (χ4v) is 2.74. The van der Waals surface area contributed by atoms with Crippen LogP contribution < -0.4 is 10.1 Å². The van der Waals surface area contributed by atoms with Crippen molar-refractivity contribution in [2.24, 2.45) is 0 Å². The summed E-state index contributed by atoms with van der Waals surface area (Å²) in [6, 6.07) is 9.80. The van der Waals surface area contributed by atoms with Crippen molar-refractivity contribution in [3.63, 3.8) is 0 Å². The van der Waals surface area contributed by atoms with Crippen LogP contribution in [0.25, 0.3) is 0 Å². The highest BCUT2D eigenvalue weighted by molar-refractivity contribution is 5.92. The number of aromatic nitrogens is 2. The van der Waals surface area contributed by atoms with Crippen LogP contribution in [-0.4, -0.2) is 28.8 Å². The Morgan fingerprint density at radius 2 is 2.19 bits per heavy atom. The summed E-state index contributed by atoms with van der Waals surface area (Å²) in [6.07, 6.45) is 3.18. The Morgan fingerprint density at radius 1 is 1.33 bits per heavy atom. The highest BCUT2D eigenvalue weighted by atomic mass is 16.5. The third kappa shape index (κ3) is 2.51. The molecule has 2 N–H and O–H groups in total. The zero-order valence-corrected chi connectivity index (χ0v) is 11.6. The number of nitrogens with one attached hydrogen (secondary N) is 2. The Morgan fingerprint density at radius 3 is 3.05 bits per heavy atom. The number of H-pyrrole nitrogens is 1. The van der Waals surface area contributed by atoms with Gasteiger partial charge in [0.2, 0.25) is 0 Å². The van der Waals surface area contributed by atoms with Crippen molar-refractivity contribution in [3.05, 3.63) is 47.3 Å². The molecule has 1 aromatic carbocycles. The maximum Gasteiger partial charge on any atom is 0.272 e. The van der Waals surface area contributed by atoms with Crippen molar-refractivity contribution in [1.29, 1.82) is 0 Å². The minimum absolute atomic E-state index is 0.00604. The summed E-state index contributed by atoms with van der Waals surface area (Å²) in [5, 5.41) is 10.1. The minimum Gasteiger partial charge on any atom is -0.491 e. The number of rotatable bonds is 3. The predicted molar refractivity (Wildman–Crippen MR) is 77.5 cm³/mol. The number of para-hydroxylation sites is 1. The van der Waals surface area contributed by atoms with Crippen LogP contribution in [-0.2, 0) is 6.42 Å². The van der Waals surface area contributed by atoms with Gasteiger partial charge >= 0.3 is 0 Å². The summed E-state index contributed by atoms with van der Waals surface area (Å²) >= 11 is 0. The second kappa shape index (κ2) is 4.91. The summed E-state index contributed by atoms with van der Waals surface area (Å²) in [6.45, 7) is 0.503. The van der Waals surface area contributed by atoms with Crippen LogP contribution in [0.4, 0.5) is 0 Å². The molecule has 1 fully saturated rings. The first-order valence-corrected chi connectivity index (χ1v) is 7.36. The van der Waals surface area contributed by atoms with Crippen LogP contribution in [0.5, 0.6) is 5.75 Å². The van der Waals surface area contributed by atoms with Gasteiger partial charge in [-0.15, -0.1) is 0 Å². The van der Waals surface area contributed by atoms with Crippen molar-refractivity contribution >= 4 is 5.91 Å². The Kier molecular flexibility index (Phi) is 2.91. The number of fused-ring (bicyclic) bond motifs is 1. The minimum atomic E-state index is -0.133. The number of hydrogen-bond donors (Lipinski definition) is 2. The molecule has 1 saturated carbocycles. The lowest BCUT2D eigenvalue weighted by Crippen LogP contribution is -2.42. The summed E-state index contributed by atoms with van der Waals surface area (Å²) in [5.41, 5.74) is 2.68. The van der Waals surface area contributed by atoms with E-state index in [9.17, 15) is 4.79 Å². The molecular weight excluding hydrogens is 266 g/mol. The van der Waals surface area contributed by atoms with Crippen molar-refractivity contribution in [2.75, 3.05) is 6.61 Å². The number of ether oxygens (including phenoxy) is 1. The maximum atomic E-state index is 12.2. The molecule has 2 aromatic rings. The Labute approximate surface area is 122 Å². The van der Waals surface area contributed by atoms with Crippen molar-refractivity contribution in [2.45, 2.75) is 31.2 Å². The molecule has 0 unspecified atom stereocenters. The molecule has 21 heavy (non-hydrogen) atoms. The predicted octanol–water partition coefficient (Wildman–Crippen LogP) is 2.02. The lowest BCUT2D eigenvalue weighted by molar-refractivity contribution is 0.0910. The van der Waals surface area contributed by atoms with E-state index in [-0.39, 0.29) is 11.9 Å². The highest BCUT2D eigenvalue weighted by Crippen LogP contribution is 2.39. The molecule has 1 amide bonds. The average Bonchev–Trinajstić information content (AvgIpc) is 3.24. The number of benzene rings is 1. The number of carbonyl (C=O) groups is 1. The van der Waals surface area contributed by atoms with Crippen LogP contribution in [0, 0.1) is 0 Å². The van der Waals surface area contributed by atoms with E-state index in [1.54, 1.807) is 0 Å². The second-order valence-corrected chi connectivity index (χ2v) is 5.78. The molecule has 0 bridgehead atoms. The van der Waals surface area contributed by atoms with Crippen molar-refractivity contribution in [3.8, 4) is 5.75 Å². The molecule has 1 atom stereocenters. The summed E-state index contributed by atoms with van der Waals surface area (Å²) in [7, 11) is 0. The maximum absolute atomic E-state index is 12.2. The fraction of sp³-hybridized carbons (Fsp3) is 0.375. The number of hydrogen-bond acceptors (Lipinski definition) is 3. The van der Waals surface area contributed by atoms with Gasteiger partial charge < -0.3 is 10.1 Å². The first kappa shape index (κ1) is 12.4. The van der Waals surface area contributed by atoms with Crippen LogP contribution in [0.2, 0.25) is 0 Å². The van der Waals surface area contributed by atoms with Gasteiger partial charge in [-0.1, -0.05) is 18.2 Å². The molecule has 0 saturated heterocycles. The van der Waals surface area contributed by atoms with E-state index in [1.165, 1.54) is 12.8 Å². The molecular formula is C16H17N3O2. The number of aromatic amines is 1. The Hall–Kier alpha value is -2.30. The molecule has 0 radical (unpaired) electrons. The van der Waals surface area contributed by atoms with Crippen molar-refractivity contribution in [1.82, 2.24) is 15.5 Å². The number of nitrogens with zero attached hydrogens (tertiary/aromatic N) is 1. The zero-order valence-electron chi connectivity index (χ0n) is 11.6. The molecule has 1 aliphatic carbocycles. The van der Waals surface area contributed by atoms with Crippen LogP contribution >= 0.6 is 0 Å². The Bertz CT molecular complexity index is 676. The monoisotopic (exact) mass is 283 g/mol. The third-order valence-electron chi connectivity index (χ3n) is 4.06. The molecule has 2 heterocycles. The average molecular weight is 283 g/mol.